The number of aromatic amines is 1. The van der Waals surface area contributed by atoms with Crippen LogP contribution in [0.3, 0.4) is 0 Å². The van der Waals surface area contributed by atoms with Gasteiger partial charge in [0.15, 0.2) is 5.82 Å². The summed E-state index contributed by atoms with van der Waals surface area (Å²) in [7, 11) is 4.08. The molecule has 146 valence electrons. The van der Waals surface area contributed by atoms with E-state index in [9.17, 15) is 8.78 Å². The molecular formula is C21H22F2N4O. The topological polar surface area (TPSA) is 53.2 Å². The number of nitrogens with zero attached hydrogens (tertiary/aromatic N) is 2. The highest BCUT2D eigenvalue weighted by Crippen LogP contribution is 2.41. The predicted molar refractivity (Wildman–Crippen MR) is 105 cm³/mol. The van der Waals surface area contributed by atoms with Gasteiger partial charge in [-0.05, 0) is 56.4 Å². The molecule has 7 heteroatoms. The first-order valence-corrected chi connectivity index (χ1v) is 9.21. The fourth-order valence-corrected chi connectivity index (χ4v) is 3.40. The van der Waals surface area contributed by atoms with E-state index in [1.807, 2.05) is 32.3 Å². The van der Waals surface area contributed by atoms with Crippen LogP contribution >= 0.6 is 0 Å². The maximum atomic E-state index is 13.9. The van der Waals surface area contributed by atoms with Gasteiger partial charge < -0.3 is 15.0 Å². The Bertz CT molecular complexity index is 1000. The van der Waals surface area contributed by atoms with E-state index < -0.39 is 11.6 Å². The summed E-state index contributed by atoms with van der Waals surface area (Å²) in [6.45, 7) is 1.64. The molecule has 3 aromatic rings. The Morgan fingerprint density at radius 2 is 2.04 bits per heavy atom. The summed E-state index contributed by atoms with van der Waals surface area (Å²) in [4.78, 5) is 2.13. The van der Waals surface area contributed by atoms with Gasteiger partial charge in [0.2, 0.25) is 0 Å². The van der Waals surface area contributed by atoms with Gasteiger partial charge in [-0.3, -0.25) is 5.10 Å². The molecule has 2 aromatic carbocycles. The van der Waals surface area contributed by atoms with Crippen LogP contribution in [0.5, 0.6) is 5.75 Å². The Morgan fingerprint density at radius 3 is 2.86 bits per heavy atom. The molecule has 0 amide bonds. The number of hydrogen-bond donors (Lipinski definition) is 2. The zero-order chi connectivity index (χ0) is 19.7. The lowest BCUT2D eigenvalue weighted by atomic mass is 10.1. The maximum absolute atomic E-state index is 13.9. The lowest BCUT2D eigenvalue weighted by Gasteiger charge is -2.11. The van der Waals surface area contributed by atoms with Crippen molar-refractivity contribution >= 4 is 11.5 Å². The maximum Gasteiger partial charge on any atom is 0.156 e. The largest absolute Gasteiger partial charge is 0.494 e. The van der Waals surface area contributed by atoms with E-state index >= 15 is 0 Å². The summed E-state index contributed by atoms with van der Waals surface area (Å²) < 4.78 is 33.2. The highest BCUT2D eigenvalue weighted by atomic mass is 19.1. The molecule has 5 nitrogen and oxygen atoms in total. The van der Waals surface area contributed by atoms with Crippen molar-refractivity contribution < 1.29 is 13.5 Å². The van der Waals surface area contributed by atoms with E-state index in [4.69, 9.17) is 4.74 Å². The summed E-state index contributed by atoms with van der Waals surface area (Å²) in [5, 5.41) is 10.1. The molecule has 4 rings (SSSR count). The van der Waals surface area contributed by atoms with Crippen molar-refractivity contribution in [1.29, 1.82) is 0 Å². The number of H-pyrrole nitrogens is 1. The molecule has 0 unspecified atom stereocenters. The molecule has 1 heterocycles. The van der Waals surface area contributed by atoms with Gasteiger partial charge in [0, 0.05) is 30.2 Å². The van der Waals surface area contributed by atoms with Crippen LogP contribution < -0.4 is 10.1 Å². The number of rotatable bonds is 7. The van der Waals surface area contributed by atoms with Crippen molar-refractivity contribution in [3.8, 4) is 17.0 Å². The van der Waals surface area contributed by atoms with Crippen LogP contribution in [0.15, 0.2) is 36.4 Å². The SMILES string of the molecule is CN(C)CCCOc1ccc2c(c1)Cc1c(Nc3cc(F)ccc3F)n[nH]c1-2. The van der Waals surface area contributed by atoms with Crippen LogP contribution in [0.1, 0.15) is 17.5 Å². The molecule has 0 radical (unpaired) electrons. The van der Waals surface area contributed by atoms with Gasteiger partial charge in [-0.2, -0.15) is 5.10 Å². The average molecular weight is 384 g/mol. The second kappa shape index (κ2) is 7.59. The van der Waals surface area contributed by atoms with Gasteiger partial charge in [0.05, 0.1) is 18.0 Å². The number of benzene rings is 2. The lowest BCUT2D eigenvalue weighted by Crippen LogP contribution is -2.15. The first kappa shape index (κ1) is 18.4. The van der Waals surface area contributed by atoms with Gasteiger partial charge in [-0.25, -0.2) is 8.78 Å². The average Bonchev–Trinajstić information content (AvgIpc) is 3.21. The van der Waals surface area contributed by atoms with Crippen LogP contribution in [0.25, 0.3) is 11.3 Å². The number of hydrogen-bond acceptors (Lipinski definition) is 4. The Hall–Kier alpha value is -2.93. The number of anilines is 2. The minimum atomic E-state index is -0.526. The quantitative estimate of drug-likeness (QED) is 0.466. The van der Waals surface area contributed by atoms with Crippen molar-refractivity contribution in [1.82, 2.24) is 15.1 Å². The van der Waals surface area contributed by atoms with E-state index in [-0.39, 0.29) is 5.69 Å². The summed E-state index contributed by atoms with van der Waals surface area (Å²) in [5.41, 5.74) is 4.07. The Morgan fingerprint density at radius 1 is 1.18 bits per heavy atom. The first-order valence-electron chi connectivity index (χ1n) is 9.21. The second-order valence-corrected chi connectivity index (χ2v) is 7.18. The van der Waals surface area contributed by atoms with Crippen molar-refractivity contribution in [2.75, 3.05) is 32.6 Å². The number of halogens is 2. The third-order valence-electron chi connectivity index (χ3n) is 4.78. The molecule has 0 atom stereocenters. The molecule has 2 N–H and O–H groups in total. The minimum absolute atomic E-state index is 0.0650. The molecular weight excluding hydrogens is 362 g/mol. The summed E-state index contributed by atoms with van der Waals surface area (Å²) in [5.74, 6) is 0.308. The van der Waals surface area contributed by atoms with E-state index in [0.717, 1.165) is 59.3 Å². The number of aromatic nitrogens is 2. The molecule has 0 saturated heterocycles. The van der Waals surface area contributed by atoms with Crippen molar-refractivity contribution in [3.05, 3.63) is 59.2 Å². The molecule has 1 aliphatic rings. The second-order valence-electron chi connectivity index (χ2n) is 7.18. The smallest absolute Gasteiger partial charge is 0.156 e. The number of nitrogens with one attached hydrogen (secondary N) is 2. The van der Waals surface area contributed by atoms with E-state index in [0.29, 0.717) is 18.8 Å². The minimum Gasteiger partial charge on any atom is -0.494 e. The lowest BCUT2D eigenvalue weighted by molar-refractivity contribution is 0.281. The van der Waals surface area contributed by atoms with E-state index in [1.165, 1.54) is 0 Å². The van der Waals surface area contributed by atoms with Gasteiger partial charge in [-0.1, -0.05) is 0 Å². The molecule has 0 spiro atoms. The van der Waals surface area contributed by atoms with Gasteiger partial charge >= 0.3 is 0 Å². The van der Waals surface area contributed by atoms with Gasteiger partial charge in [0.1, 0.15) is 17.4 Å². The van der Waals surface area contributed by atoms with Crippen LogP contribution in [0.2, 0.25) is 0 Å². The van der Waals surface area contributed by atoms with Crippen molar-refractivity contribution in [2.45, 2.75) is 12.8 Å². The third-order valence-corrected chi connectivity index (χ3v) is 4.78. The van der Waals surface area contributed by atoms with Gasteiger partial charge in [0.25, 0.3) is 0 Å². The zero-order valence-electron chi connectivity index (χ0n) is 15.9. The summed E-state index contributed by atoms with van der Waals surface area (Å²) >= 11 is 0. The normalized spacial score (nSPS) is 12.2. The molecule has 0 fully saturated rings. The van der Waals surface area contributed by atoms with E-state index in [1.54, 1.807) is 0 Å². The fourth-order valence-electron chi connectivity index (χ4n) is 3.40. The Kier molecular flexibility index (Phi) is 5.00. The molecule has 1 aliphatic carbocycles. The molecule has 0 aliphatic heterocycles. The molecule has 0 bridgehead atoms. The number of fused-ring (bicyclic) bond motifs is 3. The van der Waals surface area contributed by atoms with Crippen LogP contribution in [-0.4, -0.2) is 42.3 Å². The van der Waals surface area contributed by atoms with Crippen LogP contribution in [-0.2, 0) is 6.42 Å². The Balaban J connectivity index is 1.49. The van der Waals surface area contributed by atoms with Gasteiger partial charge in [-0.15, -0.1) is 0 Å². The monoisotopic (exact) mass is 384 g/mol. The standard InChI is InChI=1S/C21H22F2N4O/c1-27(2)8-3-9-28-15-5-6-16-13(10-15)11-17-20(16)25-26-21(17)24-19-12-14(22)4-7-18(19)23/h4-7,10,12H,3,8-9,11H2,1-2H3,(H2,24,25,26). The molecule has 1 aromatic heterocycles. The van der Waals surface area contributed by atoms with Crippen molar-refractivity contribution in [2.24, 2.45) is 0 Å². The highest BCUT2D eigenvalue weighted by molar-refractivity contribution is 5.80. The molecule has 0 saturated carbocycles. The van der Waals surface area contributed by atoms with Crippen LogP contribution in [0, 0.1) is 11.6 Å². The number of ether oxygens (including phenoxy) is 1. The zero-order valence-corrected chi connectivity index (χ0v) is 15.9. The predicted octanol–water partition coefficient (Wildman–Crippen LogP) is 4.33. The first-order chi connectivity index (χ1) is 13.5. The molecule has 28 heavy (non-hydrogen) atoms. The fraction of sp³-hybridized carbons (Fsp3) is 0.286. The highest BCUT2D eigenvalue weighted by Gasteiger charge is 2.25. The summed E-state index contributed by atoms with van der Waals surface area (Å²) in [6, 6.07) is 9.30. The van der Waals surface area contributed by atoms with Crippen molar-refractivity contribution in [3.63, 3.8) is 0 Å². The summed E-state index contributed by atoms with van der Waals surface area (Å²) in [6.07, 6.45) is 1.61. The van der Waals surface area contributed by atoms with E-state index in [2.05, 4.69) is 20.4 Å². The van der Waals surface area contributed by atoms with Crippen LogP contribution in [0.4, 0.5) is 20.3 Å². The Labute approximate surface area is 162 Å². The third kappa shape index (κ3) is 3.71.